The average molecular weight is 244 g/mol. The summed E-state index contributed by atoms with van der Waals surface area (Å²) in [4.78, 5) is 15.2. The van der Waals surface area contributed by atoms with Crippen LogP contribution in [-0.2, 0) is 4.74 Å². The van der Waals surface area contributed by atoms with Gasteiger partial charge in [0.25, 0.3) is 0 Å². The van der Waals surface area contributed by atoms with Crippen LogP contribution in [-0.4, -0.2) is 23.8 Å². The largest absolute Gasteiger partial charge is 0.465 e. The van der Waals surface area contributed by atoms with E-state index < -0.39 is 5.97 Å². The van der Waals surface area contributed by atoms with Crippen LogP contribution in [0.25, 0.3) is 6.08 Å². The average Bonchev–Trinajstić information content (AvgIpc) is 2.27. The van der Waals surface area contributed by atoms with Crippen LogP contribution in [0.1, 0.15) is 15.9 Å². The van der Waals surface area contributed by atoms with E-state index in [1.807, 2.05) is 12.2 Å². The summed E-state index contributed by atoms with van der Waals surface area (Å²) in [5.41, 5.74) is 1.05. The lowest BCUT2D eigenvalue weighted by Crippen LogP contribution is -2.03. The number of thiol groups is 1. The van der Waals surface area contributed by atoms with Gasteiger partial charge in [-0.05, 0) is 11.6 Å². The predicted octanol–water partition coefficient (Wildman–Crippen LogP) is 2.46. The summed E-state index contributed by atoms with van der Waals surface area (Å²) in [6, 6.07) is 1.63. The van der Waals surface area contributed by atoms with Gasteiger partial charge in [0.05, 0.1) is 12.7 Å². The van der Waals surface area contributed by atoms with Crippen LogP contribution in [0.2, 0.25) is 5.15 Å². The zero-order valence-corrected chi connectivity index (χ0v) is 9.76. The smallest absolute Gasteiger partial charge is 0.341 e. The summed E-state index contributed by atoms with van der Waals surface area (Å²) in [6.45, 7) is 0. The van der Waals surface area contributed by atoms with Gasteiger partial charge in [0, 0.05) is 11.9 Å². The summed E-state index contributed by atoms with van der Waals surface area (Å²) in [5.74, 6) is 0.129. The van der Waals surface area contributed by atoms with Crippen molar-refractivity contribution < 1.29 is 9.53 Å². The van der Waals surface area contributed by atoms with Crippen molar-refractivity contribution in [2.75, 3.05) is 12.9 Å². The first-order valence-electron chi connectivity index (χ1n) is 4.20. The molecular weight excluding hydrogens is 234 g/mol. The van der Waals surface area contributed by atoms with Crippen LogP contribution in [0, 0.1) is 0 Å². The summed E-state index contributed by atoms with van der Waals surface area (Å²) in [7, 11) is 1.30. The Labute approximate surface area is 98.5 Å². The van der Waals surface area contributed by atoms with Crippen LogP contribution in [0.15, 0.2) is 18.3 Å². The third-order valence-electron chi connectivity index (χ3n) is 1.68. The molecule has 1 aromatic heterocycles. The minimum atomic E-state index is -0.492. The fraction of sp³-hybridized carbons (Fsp3) is 0.200. The monoisotopic (exact) mass is 243 g/mol. The zero-order chi connectivity index (χ0) is 11.3. The van der Waals surface area contributed by atoms with Crippen molar-refractivity contribution in [3.8, 4) is 0 Å². The van der Waals surface area contributed by atoms with Gasteiger partial charge in [-0.1, -0.05) is 23.8 Å². The molecule has 1 rings (SSSR count). The molecule has 0 bridgehead atoms. The van der Waals surface area contributed by atoms with E-state index in [-0.39, 0.29) is 10.7 Å². The molecule has 1 heterocycles. The Bertz CT molecular complexity index is 393. The number of carbonyl (C=O) groups is 1. The van der Waals surface area contributed by atoms with E-state index in [1.165, 1.54) is 7.11 Å². The number of ether oxygens (including phenoxy) is 1. The summed E-state index contributed by atoms with van der Waals surface area (Å²) >= 11 is 9.78. The topological polar surface area (TPSA) is 39.2 Å². The van der Waals surface area contributed by atoms with Gasteiger partial charge in [-0.2, -0.15) is 12.6 Å². The van der Waals surface area contributed by atoms with Gasteiger partial charge >= 0.3 is 5.97 Å². The minimum Gasteiger partial charge on any atom is -0.465 e. The maximum Gasteiger partial charge on any atom is 0.341 e. The lowest BCUT2D eigenvalue weighted by molar-refractivity contribution is 0.0600. The first kappa shape index (κ1) is 12.1. The summed E-state index contributed by atoms with van der Waals surface area (Å²) < 4.78 is 4.57. The highest BCUT2D eigenvalue weighted by molar-refractivity contribution is 7.80. The molecule has 0 aliphatic carbocycles. The summed E-state index contributed by atoms with van der Waals surface area (Å²) in [5, 5.41) is 0.143. The van der Waals surface area contributed by atoms with Crippen molar-refractivity contribution in [3.05, 3.63) is 34.6 Å². The van der Waals surface area contributed by atoms with E-state index in [0.29, 0.717) is 5.75 Å². The minimum absolute atomic E-state index is 0.143. The van der Waals surface area contributed by atoms with Gasteiger partial charge in [-0.3, -0.25) is 0 Å². The first-order chi connectivity index (χ1) is 7.19. The number of carbonyl (C=O) groups excluding carboxylic acids is 1. The molecule has 0 saturated carbocycles. The van der Waals surface area contributed by atoms with Crippen molar-refractivity contribution in [2.45, 2.75) is 0 Å². The molecule has 1 aromatic rings. The maximum atomic E-state index is 11.3. The second-order valence-electron chi connectivity index (χ2n) is 2.68. The van der Waals surface area contributed by atoms with E-state index in [0.717, 1.165) is 5.56 Å². The number of nitrogens with zero attached hydrogens (tertiary/aromatic N) is 1. The molecule has 0 atom stereocenters. The Morgan fingerprint density at radius 3 is 3.07 bits per heavy atom. The molecule has 80 valence electrons. The quantitative estimate of drug-likeness (QED) is 0.504. The highest BCUT2D eigenvalue weighted by atomic mass is 35.5. The Kier molecular flexibility index (Phi) is 4.65. The highest BCUT2D eigenvalue weighted by Gasteiger charge is 2.11. The maximum absolute atomic E-state index is 11.3. The molecule has 0 aliphatic rings. The molecule has 3 nitrogen and oxygen atoms in total. The molecule has 5 heteroatoms. The number of pyridine rings is 1. The third-order valence-corrected chi connectivity index (χ3v) is 2.19. The van der Waals surface area contributed by atoms with Crippen molar-refractivity contribution >= 4 is 36.3 Å². The van der Waals surface area contributed by atoms with Gasteiger partial charge in [-0.25, -0.2) is 9.78 Å². The summed E-state index contributed by atoms with van der Waals surface area (Å²) in [6.07, 6.45) is 5.23. The SMILES string of the molecule is COC(=O)c1cc(C=CCS)cnc1Cl. The van der Waals surface area contributed by atoms with E-state index >= 15 is 0 Å². The Morgan fingerprint density at radius 2 is 2.47 bits per heavy atom. The van der Waals surface area contributed by atoms with Crippen LogP contribution in [0.3, 0.4) is 0 Å². The van der Waals surface area contributed by atoms with E-state index in [1.54, 1.807) is 12.3 Å². The Balaban J connectivity index is 3.05. The number of hydrogen-bond donors (Lipinski definition) is 1. The van der Waals surface area contributed by atoms with Gasteiger partial charge in [0.15, 0.2) is 0 Å². The molecule has 0 N–H and O–H groups in total. The standard InChI is InChI=1S/C10H10ClNO2S/c1-14-10(13)8-5-7(3-2-4-15)6-12-9(8)11/h2-3,5-6,15H,4H2,1H3. The van der Waals surface area contributed by atoms with Crippen LogP contribution < -0.4 is 0 Å². The number of esters is 1. The third kappa shape index (κ3) is 3.25. The fourth-order valence-electron chi connectivity index (χ4n) is 0.997. The van der Waals surface area contributed by atoms with Gasteiger partial charge in [0.2, 0.25) is 0 Å². The normalized spacial score (nSPS) is 10.6. The van der Waals surface area contributed by atoms with Gasteiger partial charge in [-0.15, -0.1) is 0 Å². The van der Waals surface area contributed by atoms with Crippen LogP contribution in [0.4, 0.5) is 0 Å². The van der Waals surface area contributed by atoms with Crippen molar-refractivity contribution in [2.24, 2.45) is 0 Å². The lowest BCUT2D eigenvalue weighted by Gasteiger charge is -2.02. The number of halogens is 1. The number of hydrogen-bond acceptors (Lipinski definition) is 4. The van der Waals surface area contributed by atoms with E-state index in [2.05, 4.69) is 22.3 Å². The first-order valence-corrected chi connectivity index (χ1v) is 5.21. The molecule has 15 heavy (non-hydrogen) atoms. The van der Waals surface area contributed by atoms with Gasteiger partial charge < -0.3 is 4.74 Å². The van der Waals surface area contributed by atoms with E-state index in [4.69, 9.17) is 11.6 Å². The number of aromatic nitrogens is 1. The molecule has 0 radical (unpaired) electrons. The molecular formula is C10H10ClNO2S. The van der Waals surface area contributed by atoms with Gasteiger partial charge in [0.1, 0.15) is 5.15 Å². The van der Waals surface area contributed by atoms with E-state index in [9.17, 15) is 4.79 Å². The molecule has 0 aliphatic heterocycles. The Morgan fingerprint density at radius 1 is 1.73 bits per heavy atom. The highest BCUT2D eigenvalue weighted by Crippen LogP contribution is 2.16. The number of rotatable bonds is 3. The van der Waals surface area contributed by atoms with Crippen molar-refractivity contribution in [1.29, 1.82) is 0 Å². The molecule has 0 fully saturated rings. The molecule has 0 aromatic carbocycles. The van der Waals surface area contributed by atoms with Crippen LogP contribution in [0.5, 0.6) is 0 Å². The molecule has 0 amide bonds. The fourth-order valence-corrected chi connectivity index (χ4v) is 1.28. The van der Waals surface area contributed by atoms with Crippen LogP contribution >= 0.6 is 24.2 Å². The van der Waals surface area contributed by atoms with Crippen molar-refractivity contribution in [3.63, 3.8) is 0 Å². The molecule has 0 saturated heterocycles. The Hall–Kier alpha value is -1.00. The van der Waals surface area contributed by atoms with Crippen molar-refractivity contribution in [1.82, 2.24) is 4.98 Å². The lowest BCUT2D eigenvalue weighted by atomic mass is 10.2. The second kappa shape index (κ2) is 5.78. The molecule has 0 spiro atoms. The number of methoxy groups -OCH3 is 1. The zero-order valence-electron chi connectivity index (χ0n) is 8.11. The predicted molar refractivity (Wildman–Crippen MR) is 63.5 cm³/mol. The molecule has 0 unspecified atom stereocenters. The second-order valence-corrected chi connectivity index (χ2v) is 3.41.